The molecule has 0 aliphatic rings. The van der Waals surface area contributed by atoms with Crippen LogP contribution in [0.5, 0.6) is 0 Å². The van der Waals surface area contributed by atoms with E-state index in [0.717, 1.165) is 17.8 Å². The summed E-state index contributed by atoms with van der Waals surface area (Å²) in [6.07, 6.45) is 0. The standard InChI is InChI=1S/C13H29N/c1-10(2)8-14(12(5)6)9-13(7)11(3)4/h10-13H,8-9H2,1-7H3. The van der Waals surface area contributed by atoms with Crippen molar-refractivity contribution in [3.8, 4) is 0 Å². The molecule has 0 radical (unpaired) electrons. The summed E-state index contributed by atoms with van der Waals surface area (Å²) in [4.78, 5) is 2.61. The van der Waals surface area contributed by atoms with Crippen LogP contribution in [0.3, 0.4) is 0 Å². The van der Waals surface area contributed by atoms with Crippen LogP contribution in [0, 0.1) is 17.8 Å². The van der Waals surface area contributed by atoms with Gasteiger partial charge in [-0.3, -0.25) is 0 Å². The molecular weight excluding hydrogens is 170 g/mol. The molecule has 86 valence electrons. The zero-order valence-electron chi connectivity index (χ0n) is 11.2. The maximum atomic E-state index is 2.61. The Morgan fingerprint density at radius 1 is 0.786 bits per heavy atom. The van der Waals surface area contributed by atoms with E-state index < -0.39 is 0 Å². The highest BCUT2D eigenvalue weighted by atomic mass is 15.1. The van der Waals surface area contributed by atoms with E-state index >= 15 is 0 Å². The van der Waals surface area contributed by atoms with Crippen LogP contribution >= 0.6 is 0 Å². The Kier molecular flexibility index (Phi) is 6.43. The molecule has 1 atom stereocenters. The highest BCUT2D eigenvalue weighted by Gasteiger charge is 2.16. The largest absolute Gasteiger partial charge is 0.300 e. The Labute approximate surface area is 90.9 Å². The minimum Gasteiger partial charge on any atom is -0.300 e. The molecule has 0 N–H and O–H groups in total. The van der Waals surface area contributed by atoms with E-state index in [1.165, 1.54) is 13.1 Å². The molecule has 0 aliphatic heterocycles. The number of rotatable bonds is 6. The van der Waals surface area contributed by atoms with Gasteiger partial charge in [-0.05, 0) is 31.6 Å². The van der Waals surface area contributed by atoms with Gasteiger partial charge < -0.3 is 4.90 Å². The molecule has 0 rings (SSSR count). The second-order valence-electron chi connectivity index (χ2n) is 5.66. The first-order valence-corrected chi connectivity index (χ1v) is 6.08. The molecule has 0 aromatic carbocycles. The average molecular weight is 199 g/mol. The van der Waals surface area contributed by atoms with E-state index in [2.05, 4.69) is 53.4 Å². The van der Waals surface area contributed by atoms with Crippen LogP contribution in [0.2, 0.25) is 0 Å². The van der Waals surface area contributed by atoms with E-state index in [1.807, 2.05) is 0 Å². The van der Waals surface area contributed by atoms with Crippen molar-refractivity contribution in [2.75, 3.05) is 13.1 Å². The van der Waals surface area contributed by atoms with Crippen molar-refractivity contribution >= 4 is 0 Å². The minimum absolute atomic E-state index is 0.679. The smallest absolute Gasteiger partial charge is 0.00388 e. The highest BCUT2D eigenvalue weighted by molar-refractivity contribution is 4.69. The molecule has 0 amide bonds. The third kappa shape index (κ3) is 5.64. The third-order valence-electron chi connectivity index (χ3n) is 2.99. The molecule has 1 heteroatoms. The Bertz CT molecular complexity index is 138. The van der Waals surface area contributed by atoms with Crippen molar-refractivity contribution in [2.45, 2.75) is 54.5 Å². The molecule has 0 aromatic heterocycles. The van der Waals surface area contributed by atoms with Gasteiger partial charge in [0.2, 0.25) is 0 Å². The fourth-order valence-electron chi connectivity index (χ4n) is 1.55. The summed E-state index contributed by atoms with van der Waals surface area (Å²) in [6, 6.07) is 0.679. The van der Waals surface area contributed by atoms with Gasteiger partial charge in [0.05, 0.1) is 0 Å². The van der Waals surface area contributed by atoms with E-state index in [1.54, 1.807) is 0 Å². The van der Waals surface area contributed by atoms with Crippen molar-refractivity contribution in [3.05, 3.63) is 0 Å². The molecule has 0 spiro atoms. The lowest BCUT2D eigenvalue weighted by Gasteiger charge is -2.32. The fourth-order valence-corrected chi connectivity index (χ4v) is 1.55. The van der Waals surface area contributed by atoms with E-state index in [-0.39, 0.29) is 0 Å². The van der Waals surface area contributed by atoms with Gasteiger partial charge in [0.25, 0.3) is 0 Å². The molecule has 0 fully saturated rings. The van der Waals surface area contributed by atoms with Crippen molar-refractivity contribution in [1.29, 1.82) is 0 Å². The van der Waals surface area contributed by atoms with Crippen LogP contribution < -0.4 is 0 Å². The van der Waals surface area contributed by atoms with Crippen LogP contribution in [0.4, 0.5) is 0 Å². The van der Waals surface area contributed by atoms with Crippen LogP contribution in [-0.2, 0) is 0 Å². The van der Waals surface area contributed by atoms with Crippen molar-refractivity contribution in [3.63, 3.8) is 0 Å². The third-order valence-corrected chi connectivity index (χ3v) is 2.99. The SMILES string of the molecule is CC(C)CN(CC(C)C(C)C)C(C)C. The summed E-state index contributed by atoms with van der Waals surface area (Å²) in [6.45, 7) is 18.7. The Morgan fingerprint density at radius 2 is 1.29 bits per heavy atom. The number of hydrogen-bond donors (Lipinski definition) is 0. The Morgan fingerprint density at radius 3 is 1.57 bits per heavy atom. The first kappa shape index (κ1) is 14.0. The van der Waals surface area contributed by atoms with Gasteiger partial charge in [0.15, 0.2) is 0 Å². The van der Waals surface area contributed by atoms with Gasteiger partial charge in [-0.25, -0.2) is 0 Å². The summed E-state index contributed by atoms with van der Waals surface area (Å²) in [5.74, 6) is 2.37. The van der Waals surface area contributed by atoms with E-state index in [0.29, 0.717) is 6.04 Å². The lowest BCUT2D eigenvalue weighted by molar-refractivity contribution is 0.156. The van der Waals surface area contributed by atoms with Crippen LogP contribution in [-0.4, -0.2) is 24.0 Å². The average Bonchev–Trinajstić information content (AvgIpc) is 2.01. The quantitative estimate of drug-likeness (QED) is 0.631. The fraction of sp³-hybridized carbons (Fsp3) is 1.00. The Balaban J connectivity index is 4.09. The second kappa shape index (κ2) is 6.44. The summed E-state index contributed by atoms with van der Waals surface area (Å²) in [5, 5.41) is 0. The van der Waals surface area contributed by atoms with Gasteiger partial charge >= 0.3 is 0 Å². The topological polar surface area (TPSA) is 3.24 Å². The van der Waals surface area contributed by atoms with Crippen LogP contribution in [0.25, 0.3) is 0 Å². The van der Waals surface area contributed by atoms with Gasteiger partial charge in [-0.15, -0.1) is 0 Å². The molecule has 1 nitrogen and oxygen atoms in total. The van der Waals surface area contributed by atoms with Gasteiger partial charge in [-0.1, -0.05) is 34.6 Å². The first-order valence-electron chi connectivity index (χ1n) is 6.08. The van der Waals surface area contributed by atoms with Crippen molar-refractivity contribution in [1.82, 2.24) is 4.90 Å². The van der Waals surface area contributed by atoms with E-state index in [9.17, 15) is 0 Å². The monoisotopic (exact) mass is 199 g/mol. The summed E-state index contributed by atoms with van der Waals surface area (Å²) in [5.41, 5.74) is 0. The number of nitrogens with zero attached hydrogens (tertiary/aromatic N) is 1. The molecule has 0 saturated heterocycles. The molecule has 14 heavy (non-hydrogen) atoms. The zero-order valence-corrected chi connectivity index (χ0v) is 11.2. The first-order chi connectivity index (χ1) is 6.34. The molecule has 0 aromatic rings. The molecule has 1 unspecified atom stereocenters. The van der Waals surface area contributed by atoms with Crippen molar-refractivity contribution in [2.24, 2.45) is 17.8 Å². The lowest BCUT2D eigenvalue weighted by atomic mass is 9.96. The van der Waals surface area contributed by atoms with Gasteiger partial charge in [0, 0.05) is 19.1 Å². The van der Waals surface area contributed by atoms with Gasteiger partial charge in [-0.2, -0.15) is 0 Å². The second-order valence-corrected chi connectivity index (χ2v) is 5.66. The van der Waals surface area contributed by atoms with Gasteiger partial charge in [0.1, 0.15) is 0 Å². The van der Waals surface area contributed by atoms with Crippen molar-refractivity contribution < 1.29 is 0 Å². The maximum absolute atomic E-state index is 2.61. The molecule has 0 aliphatic carbocycles. The summed E-state index contributed by atoms with van der Waals surface area (Å²) >= 11 is 0. The van der Waals surface area contributed by atoms with Crippen LogP contribution in [0.1, 0.15) is 48.5 Å². The predicted octanol–water partition coefficient (Wildman–Crippen LogP) is 3.64. The number of hydrogen-bond acceptors (Lipinski definition) is 1. The van der Waals surface area contributed by atoms with Crippen LogP contribution in [0.15, 0.2) is 0 Å². The zero-order chi connectivity index (χ0) is 11.3. The maximum Gasteiger partial charge on any atom is 0.00388 e. The highest BCUT2D eigenvalue weighted by Crippen LogP contribution is 2.14. The summed E-state index contributed by atoms with van der Waals surface area (Å²) < 4.78 is 0. The lowest BCUT2D eigenvalue weighted by Crippen LogP contribution is -2.38. The predicted molar refractivity (Wildman–Crippen MR) is 65.5 cm³/mol. The normalized spacial score (nSPS) is 14.8. The van der Waals surface area contributed by atoms with E-state index in [4.69, 9.17) is 0 Å². The molecular formula is C13H29N. The minimum atomic E-state index is 0.679. The Hall–Kier alpha value is -0.0400. The molecule has 0 heterocycles. The summed E-state index contributed by atoms with van der Waals surface area (Å²) in [7, 11) is 0. The molecule has 0 saturated carbocycles. The molecule has 0 bridgehead atoms.